The number of aromatic nitrogens is 1. The molecule has 1 saturated heterocycles. The van der Waals surface area contributed by atoms with Crippen molar-refractivity contribution in [1.82, 2.24) is 9.88 Å². The topological polar surface area (TPSA) is 33.2 Å². The van der Waals surface area contributed by atoms with Crippen molar-refractivity contribution in [3.8, 4) is 0 Å². The molecule has 0 N–H and O–H groups in total. The van der Waals surface area contributed by atoms with Crippen molar-refractivity contribution >= 4 is 5.91 Å². The van der Waals surface area contributed by atoms with Gasteiger partial charge in [0.1, 0.15) is 0 Å². The number of carbonyl (C=O) groups is 1. The van der Waals surface area contributed by atoms with E-state index < -0.39 is 5.95 Å². The molecule has 1 atom stereocenters. The van der Waals surface area contributed by atoms with Crippen LogP contribution in [0.15, 0.2) is 18.3 Å². The van der Waals surface area contributed by atoms with E-state index in [0.717, 1.165) is 6.42 Å². The Balaban J connectivity index is 2.14. The normalized spacial score (nSPS) is 20.7. The minimum atomic E-state index is -0.409. The highest BCUT2D eigenvalue weighted by atomic mass is 19.1. The molecule has 3 nitrogen and oxygen atoms in total. The molecule has 1 aliphatic heterocycles. The largest absolute Gasteiger partial charge is 0.342 e. The van der Waals surface area contributed by atoms with E-state index in [1.807, 2.05) is 0 Å². The van der Waals surface area contributed by atoms with Crippen LogP contribution in [0.4, 0.5) is 4.39 Å². The van der Waals surface area contributed by atoms with Crippen molar-refractivity contribution in [2.24, 2.45) is 0 Å². The van der Waals surface area contributed by atoms with Gasteiger partial charge in [-0.2, -0.15) is 4.39 Å². The molecule has 0 saturated carbocycles. The Morgan fingerprint density at radius 3 is 3.07 bits per heavy atom. The molecule has 0 bridgehead atoms. The van der Waals surface area contributed by atoms with E-state index in [1.165, 1.54) is 6.20 Å². The zero-order chi connectivity index (χ0) is 10.8. The number of pyridine rings is 1. The number of carbonyl (C=O) groups excluding carboxylic acids is 1. The maximum absolute atomic E-state index is 13.4. The molecule has 1 aromatic heterocycles. The van der Waals surface area contributed by atoms with Gasteiger partial charge in [0.2, 0.25) is 11.9 Å². The van der Waals surface area contributed by atoms with E-state index in [4.69, 9.17) is 0 Å². The van der Waals surface area contributed by atoms with E-state index in [0.29, 0.717) is 18.7 Å². The second-order valence-electron chi connectivity index (χ2n) is 3.83. The van der Waals surface area contributed by atoms with Crippen LogP contribution in [0.3, 0.4) is 0 Å². The summed E-state index contributed by atoms with van der Waals surface area (Å²) in [6.07, 6.45) is 2.26. The Labute approximate surface area is 87.9 Å². The second kappa shape index (κ2) is 3.96. The maximum atomic E-state index is 13.4. The van der Waals surface area contributed by atoms with Crippen LogP contribution in [0.5, 0.6) is 0 Å². The standard InChI is InChI=1S/C11H13FN2O/c1-8(15)14-6-4-9(7-14)10-3-2-5-13-11(10)12/h2-3,5,9H,4,6-7H2,1H3. The van der Waals surface area contributed by atoms with Crippen LogP contribution in [-0.2, 0) is 4.79 Å². The molecule has 4 heteroatoms. The minimum Gasteiger partial charge on any atom is -0.342 e. The monoisotopic (exact) mass is 208 g/mol. The van der Waals surface area contributed by atoms with Gasteiger partial charge in [0.25, 0.3) is 0 Å². The van der Waals surface area contributed by atoms with Crippen molar-refractivity contribution in [3.05, 3.63) is 29.8 Å². The first-order valence-corrected chi connectivity index (χ1v) is 5.04. The number of halogens is 1. The first kappa shape index (κ1) is 10.1. The molecule has 0 aliphatic carbocycles. The molecule has 80 valence electrons. The van der Waals surface area contributed by atoms with Crippen molar-refractivity contribution < 1.29 is 9.18 Å². The Kier molecular flexibility index (Phi) is 2.66. The molecular weight excluding hydrogens is 195 g/mol. The van der Waals surface area contributed by atoms with E-state index in [1.54, 1.807) is 24.0 Å². The molecule has 1 amide bonds. The van der Waals surface area contributed by atoms with E-state index in [-0.39, 0.29) is 11.8 Å². The van der Waals surface area contributed by atoms with Crippen molar-refractivity contribution in [1.29, 1.82) is 0 Å². The van der Waals surface area contributed by atoms with Crippen LogP contribution in [0, 0.1) is 5.95 Å². The summed E-state index contributed by atoms with van der Waals surface area (Å²) in [6.45, 7) is 2.87. The third-order valence-electron chi connectivity index (χ3n) is 2.86. The molecule has 1 fully saturated rings. The summed E-state index contributed by atoms with van der Waals surface area (Å²) < 4.78 is 13.4. The summed E-state index contributed by atoms with van der Waals surface area (Å²) in [5, 5.41) is 0. The summed E-state index contributed by atoms with van der Waals surface area (Å²) >= 11 is 0. The highest BCUT2D eigenvalue weighted by molar-refractivity contribution is 5.73. The van der Waals surface area contributed by atoms with Gasteiger partial charge in [-0.3, -0.25) is 4.79 Å². The van der Waals surface area contributed by atoms with Crippen LogP contribution < -0.4 is 0 Å². The number of rotatable bonds is 1. The van der Waals surface area contributed by atoms with Gasteiger partial charge in [-0.05, 0) is 12.5 Å². The predicted molar refractivity (Wildman–Crippen MR) is 53.8 cm³/mol. The first-order chi connectivity index (χ1) is 7.18. The second-order valence-corrected chi connectivity index (χ2v) is 3.83. The lowest BCUT2D eigenvalue weighted by atomic mass is 10.0. The van der Waals surface area contributed by atoms with Gasteiger partial charge in [0, 0.05) is 37.7 Å². The van der Waals surface area contributed by atoms with Gasteiger partial charge in [-0.1, -0.05) is 6.07 Å². The molecule has 0 aromatic carbocycles. The fraction of sp³-hybridized carbons (Fsp3) is 0.455. The Bertz CT molecular complexity index is 381. The van der Waals surface area contributed by atoms with E-state index in [9.17, 15) is 9.18 Å². The smallest absolute Gasteiger partial charge is 0.219 e. The lowest BCUT2D eigenvalue weighted by Gasteiger charge is -2.14. The highest BCUT2D eigenvalue weighted by Crippen LogP contribution is 2.27. The summed E-state index contributed by atoms with van der Waals surface area (Å²) in [7, 11) is 0. The molecule has 1 aliphatic rings. The van der Waals surface area contributed by atoms with Crippen LogP contribution in [0.25, 0.3) is 0 Å². The molecule has 1 unspecified atom stereocenters. The van der Waals surface area contributed by atoms with E-state index >= 15 is 0 Å². The van der Waals surface area contributed by atoms with Crippen LogP contribution in [0.1, 0.15) is 24.8 Å². The number of nitrogens with zero attached hydrogens (tertiary/aromatic N) is 2. The predicted octanol–water partition coefficient (Wildman–Crippen LogP) is 1.56. The third kappa shape index (κ3) is 1.98. The molecular formula is C11H13FN2O. The molecule has 1 aromatic rings. The Morgan fingerprint density at radius 2 is 2.47 bits per heavy atom. The average molecular weight is 208 g/mol. The van der Waals surface area contributed by atoms with Gasteiger partial charge in [-0.25, -0.2) is 4.98 Å². The maximum Gasteiger partial charge on any atom is 0.219 e. The van der Waals surface area contributed by atoms with Gasteiger partial charge < -0.3 is 4.90 Å². The fourth-order valence-corrected chi connectivity index (χ4v) is 2.00. The molecule has 2 heterocycles. The summed E-state index contributed by atoms with van der Waals surface area (Å²) in [4.78, 5) is 16.5. The van der Waals surface area contributed by atoms with Crippen molar-refractivity contribution in [2.45, 2.75) is 19.3 Å². The van der Waals surface area contributed by atoms with Crippen LogP contribution in [0.2, 0.25) is 0 Å². The van der Waals surface area contributed by atoms with Gasteiger partial charge in [0.15, 0.2) is 0 Å². The SMILES string of the molecule is CC(=O)N1CCC(c2cccnc2F)C1. The number of likely N-dealkylation sites (tertiary alicyclic amines) is 1. The lowest BCUT2D eigenvalue weighted by molar-refractivity contribution is -0.127. The van der Waals surface area contributed by atoms with Crippen molar-refractivity contribution in [2.75, 3.05) is 13.1 Å². The zero-order valence-electron chi connectivity index (χ0n) is 8.61. The zero-order valence-corrected chi connectivity index (χ0v) is 8.61. The minimum absolute atomic E-state index is 0.0572. The molecule has 2 rings (SSSR count). The molecule has 15 heavy (non-hydrogen) atoms. The van der Waals surface area contributed by atoms with E-state index in [2.05, 4.69) is 4.98 Å². The summed E-state index contributed by atoms with van der Waals surface area (Å²) in [5.74, 6) is -0.252. The number of hydrogen-bond acceptors (Lipinski definition) is 2. The Hall–Kier alpha value is -1.45. The van der Waals surface area contributed by atoms with Gasteiger partial charge in [-0.15, -0.1) is 0 Å². The average Bonchev–Trinajstić information content (AvgIpc) is 2.67. The van der Waals surface area contributed by atoms with Crippen molar-refractivity contribution in [3.63, 3.8) is 0 Å². The molecule has 0 spiro atoms. The van der Waals surface area contributed by atoms with Crippen LogP contribution >= 0.6 is 0 Å². The van der Waals surface area contributed by atoms with Gasteiger partial charge in [0.05, 0.1) is 0 Å². The molecule has 0 radical (unpaired) electrons. The fourth-order valence-electron chi connectivity index (χ4n) is 2.00. The quantitative estimate of drug-likeness (QED) is 0.656. The highest BCUT2D eigenvalue weighted by Gasteiger charge is 2.27. The summed E-state index contributed by atoms with van der Waals surface area (Å²) in [6, 6.07) is 3.48. The van der Waals surface area contributed by atoms with Gasteiger partial charge >= 0.3 is 0 Å². The number of amides is 1. The third-order valence-corrected chi connectivity index (χ3v) is 2.86. The van der Waals surface area contributed by atoms with Crippen LogP contribution in [-0.4, -0.2) is 28.9 Å². The Morgan fingerprint density at radius 1 is 1.67 bits per heavy atom. The summed E-state index contributed by atoms with van der Waals surface area (Å²) in [5.41, 5.74) is 0.626. The lowest BCUT2D eigenvalue weighted by Crippen LogP contribution is -2.25. The number of hydrogen-bond donors (Lipinski definition) is 0. The first-order valence-electron chi connectivity index (χ1n) is 5.04.